The predicted octanol–water partition coefficient (Wildman–Crippen LogP) is 4.25. The number of nitrogens with zero attached hydrogens (tertiary/aromatic N) is 2. The Morgan fingerprint density at radius 3 is 2.53 bits per heavy atom. The average Bonchev–Trinajstić information content (AvgIpc) is 2.80. The Kier molecular flexibility index (Phi) is 4.20. The van der Waals surface area contributed by atoms with E-state index in [1.807, 2.05) is 6.07 Å². The van der Waals surface area contributed by atoms with Crippen LogP contribution in [-0.2, 0) is 0 Å². The van der Waals surface area contributed by atoms with E-state index in [9.17, 15) is 10.1 Å². The van der Waals surface area contributed by atoms with Crippen LogP contribution in [0.2, 0.25) is 10.0 Å². The van der Waals surface area contributed by atoms with Gasteiger partial charge >= 0.3 is 0 Å². The second-order valence-electron chi connectivity index (χ2n) is 3.81. The molecule has 1 atom stereocenters. The van der Waals surface area contributed by atoms with E-state index in [0.29, 0.717) is 15.6 Å². The Morgan fingerprint density at radius 2 is 2.05 bits per heavy atom. The maximum absolute atomic E-state index is 12.3. The fourth-order valence-corrected chi connectivity index (χ4v) is 2.88. The van der Waals surface area contributed by atoms with Crippen molar-refractivity contribution in [3.05, 3.63) is 49.9 Å². The van der Waals surface area contributed by atoms with Gasteiger partial charge in [0.05, 0.1) is 11.1 Å². The Labute approximate surface area is 124 Å². The van der Waals surface area contributed by atoms with E-state index in [2.05, 4.69) is 4.98 Å². The lowest BCUT2D eigenvalue weighted by molar-refractivity contribution is 0.0974. The summed E-state index contributed by atoms with van der Waals surface area (Å²) in [5, 5.41) is 12.3. The molecule has 0 radical (unpaired) electrons. The molecule has 1 aromatic heterocycles. The number of hydrogen-bond donors (Lipinski definition) is 0. The van der Waals surface area contributed by atoms with Gasteiger partial charge in [-0.05, 0) is 19.1 Å². The van der Waals surface area contributed by atoms with Crippen molar-refractivity contribution in [2.24, 2.45) is 0 Å². The maximum atomic E-state index is 12.3. The van der Waals surface area contributed by atoms with Crippen molar-refractivity contribution in [2.75, 3.05) is 0 Å². The van der Waals surface area contributed by atoms with Gasteiger partial charge in [0, 0.05) is 21.0 Å². The van der Waals surface area contributed by atoms with Crippen LogP contribution in [0.25, 0.3) is 0 Å². The van der Waals surface area contributed by atoms with Gasteiger partial charge in [0.25, 0.3) is 0 Å². The van der Waals surface area contributed by atoms with Crippen LogP contribution >= 0.6 is 34.5 Å². The Balaban J connectivity index is 2.47. The zero-order valence-corrected chi connectivity index (χ0v) is 12.2. The molecular weight excluding hydrogens is 303 g/mol. The molecule has 0 spiro atoms. The zero-order chi connectivity index (χ0) is 14.0. The van der Waals surface area contributed by atoms with Gasteiger partial charge in [0.1, 0.15) is 11.6 Å². The first-order chi connectivity index (χ1) is 9.04. The van der Waals surface area contributed by atoms with Crippen molar-refractivity contribution in [3.8, 4) is 6.07 Å². The van der Waals surface area contributed by atoms with Crippen LogP contribution in [0, 0.1) is 18.3 Å². The van der Waals surface area contributed by atoms with E-state index in [-0.39, 0.29) is 11.5 Å². The van der Waals surface area contributed by atoms with Crippen LogP contribution in [0.5, 0.6) is 0 Å². The van der Waals surface area contributed by atoms with Crippen LogP contribution < -0.4 is 0 Å². The first kappa shape index (κ1) is 14.0. The summed E-state index contributed by atoms with van der Waals surface area (Å²) in [5.74, 6) is -1.43. The van der Waals surface area contributed by atoms with Crippen LogP contribution in [0.4, 0.5) is 0 Å². The lowest BCUT2D eigenvalue weighted by atomic mass is 9.94. The molecule has 0 saturated heterocycles. The molecule has 1 unspecified atom stereocenters. The normalized spacial score (nSPS) is 11.9. The van der Waals surface area contributed by atoms with E-state index in [1.165, 1.54) is 11.3 Å². The first-order valence-electron chi connectivity index (χ1n) is 5.34. The van der Waals surface area contributed by atoms with E-state index < -0.39 is 5.92 Å². The molecule has 6 heteroatoms. The summed E-state index contributed by atoms with van der Waals surface area (Å²) in [6.07, 6.45) is 0. The molecule has 0 bridgehead atoms. The van der Waals surface area contributed by atoms with Crippen molar-refractivity contribution in [1.82, 2.24) is 4.98 Å². The number of aromatic nitrogens is 1. The molecule has 0 amide bonds. The molecule has 0 aliphatic rings. The Bertz CT molecular complexity index is 655. The third kappa shape index (κ3) is 2.79. The molecule has 0 N–H and O–H groups in total. The number of halogens is 2. The minimum absolute atomic E-state index is 0.269. The van der Waals surface area contributed by atoms with Gasteiger partial charge in [-0.2, -0.15) is 5.26 Å². The second-order valence-corrected chi connectivity index (χ2v) is 5.69. The fourth-order valence-electron chi connectivity index (χ4n) is 1.67. The third-order valence-corrected chi connectivity index (χ3v) is 3.98. The second kappa shape index (κ2) is 5.70. The van der Waals surface area contributed by atoms with Crippen molar-refractivity contribution in [1.29, 1.82) is 5.26 Å². The zero-order valence-electron chi connectivity index (χ0n) is 9.85. The number of aryl methyl sites for hydroxylation is 1. The highest BCUT2D eigenvalue weighted by Gasteiger charge is 2.27. The minimum atomic E-state index is -1.04. The number of ketones is 1. The van der Waals surface area contributed by atoms with Crippen molar-refractivity contribution in [3.63, 3.8) is 0 Å². The Hall–Kier alpha value is -1.41. The van der Waals surface area contributed by atoms with Gasteiger partial charge in [-0.15, -0.1) is 11.3 Å². The van der Waals surface area contributed by atoms with Crippen LogP contribution in [0.15, 0.2) is 23.6 Å². The highest BCUT2D eigenvalue weighted by Crippen LogP contribution is 2.33. The number of nitriles is 1. The molecular formula is C13H8Cl2N2OS. The lowest BCUT2D eigenvalue weighted by Crippen LogP contribution is -2.12. The maximum Gasteiger partial charge on any atom is 0.203 e. The van der Waals surface area contributed by atoms with Gasteiger partial charge in [0.2, 0.25) is 5.78 Å². The van der Waals surface area contributed by atoms with Crippen LogP contribution in [0.3, 0.4) is 0 Å². The molecule has 0 saturated carbocycles. The van der Waals surface area contributed by atoms with Gasteiger partial charge in [-0.3, -0.25) is 4.79 Å². The summed E-state index contributed by atoms with van der Waals surface area (Å²) in [7, 11) is 0. The number of Topliss-reactive ketones (excluding diaryl/α,β-unsaturated/α-hetero) is 1. The average molecular weight is 311 g/mol. The van der Waals surface area contributed by atoms with Gasteiger partial charge < -0.3 is 0 Å². The highest BCUT2D eigenvalue weighted by molar-refractivity contribution is 7.09. The number of thiazole rings is 1. The molecule has 1 aromatic carbocycles. The molecule has 0 aliphatic heterocycles. The number of carbonyl (C=O) groups excluding carboxylic acids is 1. The fraction of sp³-hybridized carbons (Fsp3) is 0.154. The summed E-state index contributed by atoms with van der Waals surface area (Å²) < 4.78 is 0. The van der Waals surface area contributed by atoms with E-state index in [1.54, 1.807) is 30.5 Å². The number of benzene rings is 1. The molecule has 19 heavy (non-hydrogen) atoms. The number of hydrogen-bond acceptors (Lipinski definition) is 4. The molecule has 96 valence electrons. The number of rotatable bonds is 3. The number of carbonyl (C=O) groups is 1. The Morgan fingerprint density at radius 1 is 1.42 bits per heavy atom. The molecule has 1 heterocycles. The molecule has 2 aromatic rings. The monoisotopic (exact) mass is 310 g/mol. The molecule has 3 nitrogen and oxygen atoms in total. The third-order valence-electron chi connectivity index (χ3n) is 2.55. The molecule has 2 rings (SSSR count). The van der Waals surface area contributed by atoms with E-state index >= 15 is 0 Å². The smallest absolute Gasteiger partial charge is 0.203 e. The van der Waals surface area contributed by atoms with Crippen molar-refractivity contribution < 1.29 is 4.79 Å². The molecule has 0 fully saturated rings. The first-order valence-corrected chi connectivity index (χ1v) is 6.98. The summed E-state index contributed by atoms with van der Waals surface area (Å²) in [6.45, 7) is 1.80. The largest absolute Gasteiger partial charge is 0.291 e. The minimum Gasteiger partial charge on any atom is -0.291 e. The van der Waals surface area contributed by atoms with Gasteiger partial charge in [-0.25, -0.2) is 4.98 Å². The lowest BCUT2D eigenvalue weighted by Gasteiger charge is -2.10. The standard InChI is InChI=1S/C13H8Cl2N2OS/c1-7-17-11(6-19-7)13(18)8(5-16)12-9(14)3-2-4-10(12)15/h2-4,6,8H,1H3. The topological polar surface area (TPSA) is 53.8 Å². The van der Waals surface area contributed by atoms with Gasteiger partial charge in [0.15, 0.2) is 0 Å². The van der Waals surface area contributed by atoms with E-state index in [0.717, 1.165) is 5.01 Å². The summed E-state index contributed by atoms with van der Waals surface area (Å²) >= 11 is 13.4. The summed E-state index contributed by atoms with van der Waals surface area (Å²) in [6, 6.07) is 6.83. The quantitative estimate of drug-likeness (QED) is 0.796. The highest BCUT2D eigenvalue weighted by atomic mass is 35.5. The summed E-state index contributed by atoms with van der Waals surface area (Å²) in [4.78, 5) is 16.4. The van der Waals surface area contributed by atoms with Crippen LogP contribution in [0.1, 0.15) is 27.0 Å². The van der Waals surface area contributed by atoms with Crippen molar-refractivity contribution in [2.45, 2.75) is 12.8 Å². The van der Waals surface area contributed by atoms with Crippen molar-refractivity contribution >= 4 is 40.3 Å². The predicted molar refractivity (Wildman–Crippen MR) is 76.0 cm³/mol. The molecule has 0 aliphatic carbocycles. The summed E-state index contributed by atoms with van der Waals surface area (Å²) in [5.41, 5.74) is 0.606. The van der Waals surface area contributed by atoms with Crippen LogP contribution in [-0.4, -0.2) is 10.8 Å². The van der Waals surface area contributed by atoms with E-state index in [4.69, 9.17) is 23.2 Å². The SMILES string of the molecule is Cc1nc(C(=O)C(C#N)c2c(Cl)cccc2Cl)cs1. The van der Waals surface area contributed by atoms with Gasteiger partial charge in [-0.1, -0.05) is 29.3 Å².